The summed E-state index contributed by atoms with van der Waals surface area (Å²) in [5.74, 6) is 1.90. The van der Waals surface area contributed by atoms with E-state index in [-0.39, 0.29) is 0 Å². The van der Waals surface area contributed by atoms with Gasteiger partial charge in [0.15, 0.2) is 0 Å². The van der Waals surface area contributed by atoms with E-state index in [1.165, 1.54) is 0 Å². The number of aryl methyl sites for hydroxylation is 1. The zero-order chi connectivity index (χ0) is 27.6. The van der Waals surface area contributed by atoms with Crippen molar-refractivity contribution in [1.82, 2.24) is 15.3 Å². The Bertz CT molecular complexity index is 1350. The number of nitrogens with zero attached hydrogens (tertiary/aromatic N) is 4. The van der Waals surface area contributed by atoms with Crippen LogP contribution >= 0.6 is 22.9 Å². The van der Waals surface area contributed by atoms with Crippen molar-refractivity contribution >= 4 is 57.3 Å². The number of benzene rings is 1. The largest absolute Gasteiger partial charge is 0.444 e. The first kappa shape index (κ1) is 27.7. The van der Waals surface area contributed by atoms with Gasteiger partial charge >= 0.3 is 6.09 Å². The molecular weight excluding hydrogens is 556 g/mol. The van der Waals surface area contributed by atoms with E-state index in [4.69, 9.17) is 26.3 Å². The quantitative estimate of drug-likeness (QED) is 0.405. The molecule has 208 valence electrons. The summed E-state index contributed by atoms with van der Waals surface area (Å²) in [5.41, 5.74) is 1.49. The molecule has 0 spiro atoms. The molecule has 5 rings (SSSR count). The van der Waals surface area contributed by atoms with Crippen LogP contribution in [-0.4, -0.2) is 57.8 Å². The summed E-state index contributed by atoms with van der Waals surface area (Å²) in [6, 6.07) is 11.9. The molecule has 39 heavy (non-hydrogen) atoms. The van der Waals surface area contributed by atoms with Gasteiger partial charge in [0.05, 0.1) is 29.6 Å². The predicted molar refractivity (Wildman–Crippen MR) is 158 cm³/mol. The molecule has 3 aromatic rings. The fourth-order valence-corrected chi connectivity index (χ4v) is 6.87. The Kier molecular flexibility index (Phi) is 8.29. The second-order valence-corrected chi connectivity index (χ2v) is 13.7. The normalized spacial score (nSPS) is 17.2. The highest BCUT2D eigenvalue weighted by atomic mass is 35.5. The van der Waals surface area contributed by atoms with Gasteiger partial charge in [-0.3, -0.25) is 4.21 Å². The molecular formula is C27H33ClN6O3S2. The first-order valence-corrected chi connectivity index (χ1v) is 15.5. The average molecular weight is 589 g/mol. The molecule has 1 amide bonds. The van der Waals surface area contributed by atoms with Gasteiger partial charge in [-0.2, -0.15) is 4.98 Å². The molecule has 1 aromatic carbocycles. The molecule has 2 aliphatic rings. The average Bonchev–Trinajstić information content (AvgIpc) is 3.52. The summed E-state index contributed by atoms with van der Waals surface area (Å²) in [5, 5.41) is 6.95. The number of hydrogen-bond acceptors (Lipinski definition) is 9. The number of thiophene rings is 1. The molecule has 1 fully saturated rings. The van der Waals surface area contributed by atoms with E-state index in [1.807, 2.05) is 57.2 Å². The highest BCUT2D eigenvalue weighted by Crippen LogP contribution is 2.31. The zero-order valence-electron chi connectivity index (χ0n) is 22.3. The van der Waals surface area contributed by atoms with E-state index in [0.717, 1.165) is 57.2 Å². The van der Waals surface area contributed by atoms with Crippen molar-refractivity contribution in [1.29, 1.82) is 0 Å². The van der Waals surface area contributed by atoms with Crippen LogP contribution < -0.4 is 20.4 Å². The number of ether oxygens (including phenoxy) is 1. The summed E-state index contributed by atoms with van der Waals surface area (Å²) in [7, 11) is -1.11. The maximum atomic E-state index is 12.8. The third-order valence-electron chi connectivity index (χ3n) is 6.38. The van der Waals surface area contributed by atoms with E-state index >= 15 is 0 Å². The minimum atomic E-state index is -1.11. The molecule has 1 unspecified atom stereocenters. The maximum absolute atomic E-state index is 12.8. The van der Waals surface area contributed by atoms with Crippen molar-refractivity contribution in [3.05, 3.63) is 56.9 Å². The molecule has 12 heteroatoms. The Morgan fingerprint density at radius 2 is 1.69 bits per heavy atom. The molecule has 1 atom stereocenters. The number of carbonyl (C=O) groups excluding carboxylic acids is 1. The second-order valence-electron chi connectivity index (χ2n) is 10.5. The molecule has 2 N–H and O–H groups in total. The Balaban J connectivity index is 1.23. The van der Waals surface area contributed by atoms with Gasteiger partial charge in [0, 0.05) is 58.8 Å². The van der Waals surface area contributed by atoms with Crippen molar-refractivity contribution in [3.63, 3.8) is 0 Å². The molecule has 9 nitrogen and oxygen atoms in total. The molecule has 0 saturated carbocycles. The predicted octanol–water partition coefficient (Wildman–Crippen LogP) is 4.82. The van der Waals surface area contributed by atoms with Crippen LogP contribution in [0.15, 0.2) is 41.3 Å². The van der Waals surface area contributed by atoms with Crippen LogP contribution in [0.25, 0.3) is 0 Å². The van der Waals surface area contributed by atoms with Crippen molar-refractivity contribution < 1.29 is 13.7 Å². The first-order chi connectivity index (χ1) is 18.6. The smallest absolute Gasteiger partial charge is 0.407 e. The van der Waals surface area contributed by atoms with Crippen molar-refractivity contribution in [3.8, 4) is 0 Å². The lowest BCUT2D eigenvalue weighted by Gasteiger charge is -2.36. The topological polar surface area (TPSA) is 99.7 Å². The number of nitrogens with one attached hydrogen (secondary N) is 2. The molecule has 2 aliphatic heterocycles. The van der Waals surface area contributed by atoms with Crippen LogP contribution in [0, 0.1) is 0 Å². The number of halogens is 1. The lowest BCUT2D eigenvalue weighted by atomic mass is 10.2. The highest BCUT2D eigenvalue weighted by molar-refractivity contribution is 7.85. The minimum Gasteiger partial charge on any atom is -0.444 e. The monoisotopic (exact) mass is 588 g/mol. The SMILES string of the molecule is CC(C)(C)OC(=O)NCc1ccc(CNc2nc(N3CCN(c4ccc(Cl)cc4)CC3)nc3c2S(=O)CC3)s1. The fourth-order valence-electron chi connectivity index (χ4n) is 4.52. The maximum Gasteiger partial charge on any atom is 0.407 e. The third-order valence-corrected chi connectivity index (χ3v) is 9.18. The number of fused-ring (bicyclic) bond motifs is 1. The minimum absolute atomic E-state index is 0.401. The number of carbonyl (C=O) groups is 1. The van der Waals surface area contributed by atoms with Gasteiger partial charge in [-0.25, -0.2) is 9.78 Å². The van der Waals surface area contributed by atoms with Crippen LogP contribution in [0.1, 0.15) is 36.2 Å². The number of piperazine rings is 1. The number of rotatable bonds is 7. The van der Waals surface area contributed by atoms with Gasteiger partial charge < -0.3 is 25.2 Å². The fraction of sp³-hybridized carbons (Fsp3) is 0.444. The van der Waals surface area contributed by atoms with E-state index in [2.05, 4.69) is 20.4 Å². The summed E-state index contributed by atoms with van der Waals surface area (Å²) in [6.07, 6.45) is 0.257. The Labute approximate surface area is 240 Å². The standard InChI is InChI=1S/C27H33ClN6O3S2/c1-27(2,3)37-26(35)30-17-21-9-8-20(38-21)16-29-24-23-22(10-15-39(23)36)31-25(32-24)34-13-11-33(12-14-34)19-6-4-18(28)5-7-19/h4-9H,10-17H2,1-3H3,(H,30,35)(H,29,31,32). The summed E-state index contributed by atoms with van der Waals surface area (Å²) in [6.45, 7) is 9.76. The van der Waals surface area contributed by atoms with E-state index < -0.39 is 22.5 Å². The number of alkyl carbamates (subject to hydrolysis) is 1. The lowest BCUT2D eigenvalue weighted by Crippen LogP contribution is -2.47. The van der Waals surface area contributed by atoms with Gasteiger partial charge in [0.1, 0.15) is 16.3 Å². The molecule has 1 saturated heterocycles. The van der Waals surface area contributed by atoms with Gasteiger partial charge in [0.25, 0.3) is 0 Å². The Hall–Kier alpha value is -2.89. The summed E-state index contributed by atoms with van der Waals surface area (Å²) in [4.78, 5) is 29.0. The van der Waals surface area contributed by atoms with E-state index in [0.29, 0.717) is 37.0 Å². The van der Waals surface area contributed by atoms with Gasteiger partial charge in [-0.05, 0) is 57.2 Å². The summed E-state index contributed by atoms with van der Waals surface area (Å²) >= 11 is 7.65. The Morgan fingerprint density at radius 3 is 2.38 bits per heavy atom. The van der Waals surface area contributed by atoms with E-state index in [9.17, 15) is 9.00 Å². The molecule has 2 aromatic heterocycles. The Morgan fingerprint density at radius 1 is 1.03 bits per heavy atom. The molecule has 0 bridgehead atoms. The van der Waals surface area contributed by atoms with Crippen molar-refractivity contribution in [2.45, 2.75) is 50.8 Å². The second kappa shape index (κ2) is 11.7. The highest BCUT2D eigenvalue weighted by Gasteiger charge is 2.28. The number of aromatic nitrogens is 2. The molecule has 0 aliphatic carbocycles. The van der Waals surface area contributed by atoms with Gasteiger partial charge in [-0.1, -0.05) is 11.6 Å². The van der Waals surface area contributed by atoms with Crippen LogP contribution in [0.4, 0.5) is 22.2 Å². The van der Waals surface area contributed by atoms with Crippen LogP contribution in [0.3, 0.4) is 0 Å². The lowest BCUT2D eigenvalue weighted by molar-refractivity contribution is 0.0524. The molecule has 4 heterocycles. The zero-order valence-corrected chi connectivity index (χ0v) is 24.7. The van der Waals surface area contributed by atoms with Crippen LogP contribution in [0.2, 0.25) is 5.02 Å². The van der Waals surface area contributed by atoms with Gasteiger partial charge in [0.2, 0.25) is 5.95 Å². The van der Waals surface area contributed by atoms with Crippen molar-refractivity contribution in [2.24, 2.45) is 0 Å². The molecule has 0 radical (unpaired) electrons. The number of amides is 1. The van der Waals surface area contributed by atoms with Crippen LogP contribution in [-0.2, 0) is 35.0 Å². The van der Waals surface area contributed by atoms with Gasteiger partial charge in [-0.15, -0.1) is 11.3 Å². The number of hydrogen-bond donors (Lipinski definition) is 2. The number of anilines is 3. The first-order valence-electron chi connectivity index (χ1n) is 13.0. The summed E-state index contributed by atoms with van der Waals surface area (Å²) < 4.78 is 18.1. The van der Waals surface area contributed by atoms with E-state index in [1.54, 1.807) is 11.3 Å². The third kappa shape index (κ3) is 7.01. The van der Waals surface area contributed by atoms with Crippen LogP contribution in [0.5, 0.6) is 0 Å². The van der Waals surface area contributed by atoms with Crippen molar-refractivity contribution in [2.75, 3.05) is 47.0 Å².